The molecule has 0 aliphatic heterocycles. The van der Waals surface area contributed by atoms with Crippen LogP contribution in [0.4, 0.5) is 5.69 Å². The lowest BCUT2D eigenvalue weighted by atomic mass is 10.1. The van der Waals surface area contributed by atoms with E-state index in [0.29, 0.717) is 5.95 Å². The Kier molecular flexibility index (Phi) is 5.65. The number of likely N-dealkylation sites (N-methyl/N-ethyl adjacent to an activating group) is 1. The predicted octanol–water partition coefficient (Wildman–Crippen LogP) is 4.17. The minimum atomic E-state index is 0.00816. The lowest BCUT2D eigenvalue weighted by molar-refractivity contribution is -0.117. The zero-order valence-corrected chi connectivity index (χ0v) is 18.6. The predicted molar refractivity (Wildman–Crippen MR) is 114 cm³/mol. The highest BCUT2D eigenvalue weighted by Crippen LogP contribution is 2.24. The first-order valence-corrected chi connectivity index (χ1v) is 9.87. The fourth-order valence-electron chi connectivity index (χ4n) is 3.18. The second-order valence-corrected chi connectivity index (χ2v) is 7.93. The van der Waals surface area contributed by atoms with Gasteiger partial charge in [0.05, 0.1) is 12.1 Å². The van der Waals surface area contributed by atoms with E-state index in [1.165, 1.54) is 0 Å². The summed E-state index contributed by atoms with van der Waals surface area (Å²) in [7, 11) is 1.80. The molecule has 146 valence electrons. The molecule has 1 aromatic carbocycles. The summed E-state index contributed by atoms with van der Waals surface area (Å²) < 4.78 is 2.75. The molecule has 0 radical (unpaired) electrons. The number of hydrogen-bond acceptors (Lipinski definition) is 4. The third kappa shape index (κ3) is 3.99. The van der Waals surface area contributed by atoms with Crippen LogP contribution in [-0.4, -0.2) is 32.7 Å². The molecular formula is C21H24BrN5O. The van der Waals surface area contributed by atoms with E-state index in [2.05, 4.69) is 31.0 Å². The molecule has 1 amide bonds. The zero-order chi connectivity index (χ0) is 20.6. The first kappa shape index (κ1) is 20.2. The van der Waals surface area contributed by atoms with Crippen molar-refractivity contribution in [3.63, 3.8) is 0 Å². The molecule has 6 nitrogen and oxygen atoms in total. The average Bonchev–Trinajstić information content (AvgIpc) is 2.90. The molecule has 0 aliphatic rings. The minimum Gasteiger partial charge on any atom is -0.315 e. The molecule has 0 bridgehead atoms. The molecule has 0 saturated carbocycles. The van der Waals surface area contributed by atoms with Crippen molar-refractivity contribution in [2.45, 2.75) is 41.0 Å². The monoisotopic (exact) mass is 441 g/mol. The van der Waals surface area contributed by atoms with E-state index >= 15 is 0 Å². The highest BCUT2D eigenvalue weighted by Gasteiger charge is 2.20. The van der Waals surface area contributed by atoms with Crippen LogP contribution in [0.2, 0.25) is 0 Å². The number of rotatable bonds is 4. The second kappa shape index (κ2) is 7.83. The van der Waals surface area contributed by atoms with E-state index in [4.69, 9.17) is 0 Å². The molecule has 0 saturated heterocycles. The molecule has 0 N–H and O–H groups in total. The van der Waals surface area contributed by atoms with Crippen LogP contribution in [0.5, 0.6) is 0 Å². The third-order valence-electron chi connectivity index (χ3n) is 4.83. The van der Waals surface area contributed by atoms with Gasteiger partial charge in [0.2, 0.25) is 5.91 Å². The fourth-order valence-corrected chi connectivity index (χ4v) is 3.43. The third-order valence-corrected chi connectivity index (χ3v) is 5.72. The van der Waals surface area contributed by atoms with Crippen molar-refractivity contribution in [2.75, 3.05) is 11.9 Å². The van der Waals surface area contributed by atoms with Gasteiger partial charge < -0.3 is 4.90 Å². The first-order chi connectivity index (χ1) is 13.2. The van der Waals surface area contributed by atoms with Crippen LogP contribution >= 0.6 is 15.9 Å². The largest absolute Gasteiger partial charge is 0.315 e. The van der Waals surface area contributed by atoms with E-state index in [-0.39, 0.29) is 12.3 Å². The topological polar surface area (TPSA) is 63.9 Å². The van der Waals surface area contributed by atoms with Crippen LogP contribution in [0, 0.1) is 34.6 Å². The van der Waals surface area contributed by atoms with Crippen LogP contribution in [0.15, 0.2) is 28.7 Å². The van der Waals surface area contributed by atoms with Crippen LogP contribution in [0.3, 0.4) is 0 Å². The molecule has 7 heteroatoms. The molecule has 2 heterocycles. The molecule has 0 unspecified atom stereocenters. The number of amides is 1. The van der Waals surface area contributed by atoms with Crippen molar-refractivity contribution < 1.29 is 4.79 Å². The summed E-state index contributed by atoms with van der Waals surface area (Å²) >= 11 is 3.50. The van der Waals surface area contributed by atoms with Gasteiger partial charge in [0.1, 0.15) is 0 Å². The van der Waals surface area contributed by atoms with Crippen LogP contribution < -0.4 is 4.90 Å². The summed E-state index contributed by atoms with van der Waals surface area (Å²) in [6.07, 6.45) is 0.272. The van der Waals surface area contributed by atoms with Gasteiger partial charge in [0.25, 0.3) is 5.95 Å². The van der Waals surface area contributed by atoms with E-state index in [1.54, 1.807) is 16.6 Å². The smallest absolute Gasteiger partial charge is 0.251 e. The number of nitrogens with zero attached hydrogens (tertiary/aromatic N) is 5. The van der Waals surface area contributed by atoms with Crippen molar-refractivity contribution in [3.05, 3.63) is 62.6 Å². The van der Waals surface area contributed by atoms with Crippen molar-refractivity contribution >= 4 is 27.5 Å². The Hall–Kier alpha value is -2.54. The molecule has 3 rings (SSSR count). The second-order valence-electron chi connectivity index (χ2n) is 7.07. The SMILES string of the molecule is Cc1cc(C)nc(-n2nc(C)c(CC(=O)N(C)c3ccc(Br)c(C)c3)c2C)n1. The van der Waals surface area contributed by atoms with Gasteiger partial charge in [-0.25, -0.2) is 14.6 Å². The van der Waals surface area contributed by atoms with Crippen molar-refractivity contribution in [3.8, 4) is 5.95 Å². The Morgan fingerprint density at radius 3 is 2.32 bits per heavy atom. The van der Waals surface area contributed by atoms with Gasteiger partial charge in [-0.1, -0.05) is 15.9 Å². The van der Waals surface area contributed by atoms with Crippen molar-refractivity contribution in [1.29, 1.82) is 0 Å². The molecular weight excluding hydrogens is 418 g/mol. The van der Waals surface area contributed by atoms with Gasteiger partial charge in [-0.2, -0.15) is 5.10 Å². The Labute approximate surface area is 173 Å². The Morgan fingerprint density at radius 1 is 1.07 bits per heavy atom. The normalized spacial score (nSPS) is 11.0. The summed E-state index contributed by atoms with van der Waals surface area (Å²) in [5.74, 6) is 0.544. The van der Waals surface area contributed by atoms with E-state index in [9.17, 15) is 4.79 Å². The number of carbonyl (C=O) groups is 1. The maximum atomic E-state index is 12.9. The van der Waals surface area contributed by atoms with Crippen molar-refractivity contribution in [2.24, 2.45) is 0 Å². The number of hydrogen-bond donors (Lipinski definition) is 0. The molecule has 2 aromatic heterocycles. The summed E-state index contributed by atoms with van der Waals surface area (Å²) in [5.41, 5.74) is 6.34. The van der Waals surface area contributed by atoms with Crippen molar-refractivity contribution in [1.82, 2.24) is 19.7 Å². The van der Waals surface area contributed by atoms with E-state index in [0.717, 1.165) is 44.1 Å². The van der Waals surface area contributed by atoms with Gasteiger partial charge in [-0.05, 0) is 64.4 Å². The number of halogens is 1. The Bertz CT molecular complexity index is 1040. The summed E-state index contributed by atoms with van der Waals surface area (Å²) in [5, 5.41) is 4.59. The zero-order valence-electron chi connectivity index (χ0n) is 17.0. The average molecular weight is 442 g/mol. The van der Waals surface area contributed by atoms with Gasteiger partial charge in [0, 0.05) is 39.9 Å². The molecule has 0 atom stereocenters. The summed E-state index contributed by atoms with van der Waals surface area (Å²) in [6, 6.07) is 7.81. The summed E-state index contributed by atoms with van der Waals surface area (Å²) in [4.78, 5) is 23.6. The fraction of sp³-hybridized carbons (Fsp3) is 0.333. The lowest BCUT2D eigenvalue weighted by Crippen LogP contribution is -2.28. The molecule has 3 aromatic rings. The van der Waals surface area contributed by atoms with Gasteiger partial charge in [-0.3, -0.25) is 4.79 Å². The van der Waals surface area contributed by atoms with Crippen LogP contribution in [-0.2, 0) is 11.2 Å². The van der Waals surface area contributed by atoms with E-state index < -0.39 is 0 Å². The van der Waals surface area contributed by atoms with Gasteiger partial charge in [-0.15, -0.1) is 0 Å². The first-order valence-electron chi connectivity index (χ1n) is 9.08. The lowest BCUT2D eigenvalue weighted by Gasteiger charge is -2.18. The molecule has 28 heavy (non-hydrogen) atoms. The standard InChI is InChI=1S/C21H24BrN5O/c1-12-9-17(7-8-19(12)22)26(6)20(28)11-18-15(4)25-27(16(18)5)21-23-13(2)10-14(3)24-21/h7-10H,11H2,1-6H3. The molecule has 0 fully saturated rings. The van der Waals surface area contributed by atoms with Gasteiger partial charge >= 0.3 is 0 Å². The van der Waals surface area contributed by atoms with Crippen LogP contribution in [0.1, 0.15) is 33.9 Å². The maximum Gasteiger partial charge on any atom is 0.251 e. The molecule has 0 aliphatic carbocycles. The summed E-state index contributed by atoms with van der Waals surface area (Å²) in [6.45, 7) is 9.74. The number of carbonyl (C=O) groups excluding carboxylic acids is 1. The number of aromatic nitrogens is 4. The Morgan fingerprint density at radius 2 is 1.71 bits per heavy atom. The minimum absolute atomic E-state index is 0.00816. The quantitative estimate of drug-likeness (QED) is 0.609. The number of benzene rings is 1. The van der Waals surface area contributed by atoms with E-state index in [1.807, 2.05) is 58.9 Å². The van der Waals surface area contributed by atoms with Gasteiger partial charge in [0.15, 0.2) is 0 Å². The number of aryl methyl sites for hydroxylation is 4. The highest BCUT2D eigenvalue weighted by molar-refractivity contribution is 9.10. The maximum absolute atomic E-state index is 12.9. The Balaban J connectivity index is 1.89. The van der Waals surface area contributed by atoms with Crippen LogP contribution in [0.25, 0.3) is 5.95 Å². The number of anilines is 1. The highest BCUT2D eigenvalue weighted by atomic mass is 79.9. The molecule has 0 spiro atoms.